The predicted octanol–water partition coefficient (Wildman–Crippen LogP) is 3.53. The largest absolute Gasteiger partial charge is 0.417 e. The van der Waals surface area contributed by atoms with E-state index in [1.54, 1.807) is 0 Å². The Kier molecular flexibility index (Phi) is 4.19. The van der Waals surface area contributed by atoms with Crippen molar-refractivity contribution in [2.75, 3.05) is 5.32 Å². The van der Waals surface area contributed by atoms with Crippen LogP contribution in [0.3, 0.4) is 0 Å². The number of aromatic nitrogens is 2. The molecule has 0 spiro atoms. The highest BCUT2D eigenvalue weighted by molar-refractivity contribution is 6.00. The summed E-state index contributed by atoms with van der Waals surface area (Å²) in [4.78, 5) is 12.2. The molecule has 0 aliphatic heterocycles. The molecule has 0 bridgehead atoms. The van der Waals surface area contributed by atoms with Gasteiger partial charge in [-0.25, -0.2) is 0 Å². The standard InChI is InChI=1S/C18H17N3O2/c1-12-8-9-15(10-13(12)2)19-17(22)18-21-20-16(23-18)11-14-6-4-3-5-7-14/h3-10H,11H2,1-2H3,(H,19,22). The van der Waals surface area contributed by atoms with Crippen molar-refractivity contribution in [2.45, 2.75) is 20.3 Å². The van der Waals surface area contributed by atoms with Gasteiger partial charge in [0.2, 0.25) is 5.89 Å². The molecule has 0 radical (unpaired) electrons. The first kappa shape index (κ1) is 15.0. The molecule has 0 unspecified atom stereocenters. The van der Waals surface area contributed by atoms with Crippen LogP contribution in [0.5, 0.6) is 0 Å². The van der Waals surface area contributed by atoms with Crippen molar-refractivity contribution in [1.82, 2.24) is 10.2 Å². The maximum Gasteiger partial charge on any atom is 0.313 e. The van der Waals surface area contributed by atoms with Crippen molar-refractivity contribution in [1.29, 1.82) is 0 Å². The number of hydrogen-bond acceptors (Lipinski definition) is 4. The fourth-order valence-electron chi connectivity index (χ4n) is 2.19. The Balaban J connectivity index is 1.69. The smallest absolute Gasteiger partial charge is 0.313 e. The van der Waals surface area contributed by atoms with Crippen LogP contribution in [0, 0.1) is 13.8 Å². The van der Waals surface area contributed by atoms with E-state index in [0.717, 1.165) is 11.1 Å². The second kappa shape index (κ2) is 6.44. The Morgan fingerprint density at radius 2 is 1.83 bits per heavy atom. The molecular formula is C18H17N3O2. The second-order valence-corrected chi connectivity index (χ2v) is 5.42. The van der Waals surface area contributed by atoms with Crippen LogP contribution in [0.4, 0.5) is 5.69 Å². The number of carbonyl (C=O) groups is 1. The summed E-state index contributed by atoms with van der Waals surface area (Å²) in [7, 11) is 0. The molecule has 1 heterocycles. The molecule has 0 fully saturated rings. The minimum Gasteiger partial charge on any atom is -0.417 e. The van der Waals surface area contributed by atoms with Crippen LogP contribution in [-0.2, 0) is 6.42 Å². The van der Waals surface area contributed by atoms with Gasteiger partial charge in [-0.05, 0) is 42.7 Å². The van der Waals surface area contributed by atoms with E-state index in [2.05, 4.69) is 15.5 Å². The molecule has 1 amide bonds. The maximum absolute atomic E-state index is 12.2. The molecule has 116 valence electrons. The number of rotatable bonds is 4. The van der Waals surface area contributed by atoms with Gasteiger partial charge < -0.3 is 9.73 Å². The van der Waals surface area contributed by atoms with Crippen LogP contribution in [0.15, 0.2) is 52.9 Å². The van der Waals surface area contributed by atoms with Gasteiger partial charge in [0.05, 0.1) is 6.42 Å². The molecule has 1 aromatic heterocycles. The van der Waals surface area contributed by atoms with Crippen molar-refractivity contribution in [3.8, 4) is 0 Å². The van der Waals surface area contributed by atoms with E-state index in [1.807, 2.05) is 62.4 Å². The summed E-state index contributed by atoms with van der Waals surface area (Å²) in [6.07, 6.45) is 0.505. The zero-order valence-corrected chi connectivity index (χ0v) is 13.0. The monoisotopic (exact) mass is 307 g/mol. The van der Waals surface area contributed by atoms with Crippen LogP contribution in [0.2, 0.25) is 0 Å². The summed E-state index contributed by atoms with van der Waals surface area (Å²) < 4.78 is 5.44. The van der Waals surface area contributed by atoms with Crippen molar-refractivity contribution < 1.29 is 9.21 Å². The topological polar surface area (TPSA) is 68.0 Å². The summed E-state index contributed by atoms with van der Waals surface area (Å²) in [6.45, 7) is 4.02. The lowest BCUT2D eigenvalue weighted by Crippen LogP contribution is -2.12. The van der Waals surface area contributed by atoms with E-state index < -0.39 is 5.91 Å². The van der Waals surface area contributed by atoms with Gasteiger partial charge in [0.15, 0.2) is 0 Å². The Bertz CT molecular complexity index is 825. The van der Waals surface area contributed by atoms with Crippen LogP contribution in [0.1, 0.15) is 33.3 Å². The highest BCUT2D eigenvalue weighted by Crippen LogP contribution is 2.15. The zero-order valence-electron chi connectivity index (χ0n) is 13.0. The molecule has 0 saturated heterocycles. The Morgan fingerprint density at radius 1 is 1.04 bits per heavy atom. The molecule has 0 atom stereocenters. The van der Waals surface area contributed by atoms with Gasteiger partial charge in [-0.15, -0.1) is 10.2 Å². The van der Waals surface area contributed by atoms with Crippen LogP contribution in [-0.4, -0.2) is 16.1 Å². The van der Waals surface area contributed by atoms with Gasteiger partial charge >= 0.3 is 11.8 Å². The molecule has 3 rings (SSSR count). The first-order chi connectivity index (χ1) is 11.1. The Morgan fingerprint density at radius 3 is 2.57 bits per heavy atom. The number of anilines is 1. The van der Waals surface area contributed by atoms with Crippen LogP contribution >= 0.6 is 0 Å². The van der Waals surface area contributed by atoms with Gasteiger partial charge in [-0.3, -0.25) is 4.79 Å². The minimum absolute atomic E-state index is 0.0332. The van der Waals surface area contributed by atoms with Crippen molar-refractivity contribution in [2.24, 2.45) is 0 Å². The molecule has 5 nitrogen and oxygen atoms in total. The molecule has 0 saturated carbocycles. The van der Waals surface area contributed by atoms with Crippen molar-refractivity contribution in [3.05, 3.63) is 77.0 Å². The quantitative estimate of drug-likeness (QED) is 0.800. The fraction of sp³-hybridized carbons (Fsp3) is 0.167. The van der Waals surface area contributed by atoms with E-state index in [-0.39, 0.29) is 5.89 Å². The lowest BCUT2D eigenvalue weighted by Gasteiger charge is -2.05. The van der Waals surface area contributed by atoms with Gasteiger partial charge in [0.1, 0.15) is 0 Å². The lowest BCUT2D eigenvalue weighted by atomic mass is 10.1. The predicted molar refractivity (Wildman–Crippen MR) is 87.4 cm³/mol. The summed E-state index contributed by atoms with van der Waals surface area (Å²) in [5, 5.41) is 10.5. The summed E-state index contributed by atoms with van der Waals surface area (Å²) in [5.74, 6) is -0.0179. The third-order valence-electron chi connectivity index (χ3n) is 3.62. The third-order valence-corrected chi connectivity index (χ3v) is 3.62. The number of benzene rings is 2. The fourth-order valence-corrected chi connectivity index (χ4v) is 2.19. The van der Waals surface area contributed by atoms with E-state index >= 15 is 0 Å². The molecule has 1 N–H and O–H groups in total. The highest BCUT2D eigenvalue weighted by atomic mass is 16.4. The number of amides is 1. The molecule has 5 heteroatoms. The van der Waals surface area contributed by atoms with Crippen molar-refractivity contribution in [3.63, 3.8) is 0 Å². The number of nitrogens with one attached hydrogen (secondary N) is 1. The minimum atomic E-state index is -0.403. The number of hydrogen-bond donors (Lipinski definition) is 1. The van der Waals surface area contributed by atoms with Gasteiger partial charge in [-0.2, -0.15) is 0 Å². The molecule has 23 heavy (non-hydrogen) atoms. The first-order valence-electron chi connectivity index (χ1n) is 7.37. The number of carbonyl (C=O) groups excluding carboxylic acids is 1. The van der Waals surface area contributed by atoms with E-state index in [0.29, 0.717) is 18.0 Å². The van der Waals surface area contributed by atoms with E-state index in [4.69, 9.17) is 4.42 Å². The highest BCUT2D eigenvalue weighted by Gasteiger charge is 2.15. The van der Waals surface area contributed by atoms with E-state index in [9.17, 15) is 4.79 Å². The SMILES string of the molecule is Cc1ccc(NC(=O)c2nnc(Cc3ccccc3)o2)cc1C. The average molecular weight is 307 g/mol. The number of aryl methyl sites for hydroxylation is 2. The molecule has 0 aliphatic rings. The first-order valence-corrected chi connectivity index (χ1v) is 7.37. The molecule has 2 aromatic carbocycles. The van der Waals surface area contributed by atoms with Crippen LogP contribution in [0.25, 0.3) is 0 Å². The second-order valence-electron chi connectivity index (χ2n) is 5.42. The van der Waals surface area contributed by atoms with Gasteiger partial charge in [0, 0.05) is 5.69 Å². The third kappa shape index (κ3) is 3.63. The summed E-state index contributed by atoms with van der Waals surface area (Å²) in [5.41, 5.74) is 4.04. The van der Waals surface area contributed by atoms with Crippen LogP contribution < -0.4 is 5.32 Å². The Labute approximate surface area is 134 Å². The number of nitrogens with zero attached hydrogens (tertiary/aromatic N) is 2. The van der Waals surface area contributed by atoms with Gasteiger partial charge in [0.25, 0.3) is 0 Å². The molecule has 3 aromatic rings. The molecule has 0 aliphatic carbocycles. The van der Waals surface area contributed by atoms with Crippen molar-refractivity contribution >= 4 is 11.6 Å². The summed E-state index contributed by atoms with van der Waals surface area (Å²) in [6, 6.07) is 15.5. The summed E-state index contributed by atoms with van der Waals surface area (Å²) >= 11 is 0. The normalized spacial score (nSPS) is 10.5. The lowest BCUT2D eigenvalue weighted by molar-refractivity contribution is 0.0988. The zero-order chi connectivity index (χ0) is 16.2. The molecular weight excluding hydrogens is 290 g/mol. The Hall–Kier alpha value is -2.95. The average Bonchev–Trinajstić information content (AvgIpc) is 3.00. The maximum atomic E-state index is 12.2. The van der Waals surface area contributed by atoms with Gasteiger partial charge in [-0.1, -0.05) is 36.4 Å². The van der Waals surface area contributed by atoms with E-state index in [1.165, 1.54) is 5.56 Å².